The van der Waals surface area contributed by atoms with Crippen LogP contribution in [0.3, 0.4) is 0 Å². The van der Waals surface area contributed by atoms with E-state index in [-0.39, 0.29) is 0 Å². The zero-order valence-electron chi connectivity index (χ0n) is 3.90. The molecule has 1 atom stereocenters. The molecule has 0 heterocycles. The summed E-state index contributed by atoms with van der Waals surface area (Å²) in [6.07, 6.45) is 0. The van der Waals surface area contributed by atoms with Crippen LogP contribution in [0.25, 0.3) is 0 Å². The van der Waals surface area contributed by atoms with E-state index in [9.17, 15) is 9.36 Å². The predicted molar refractivity (Wildman–Crippen MR) is 25.0 cm³/mol. The fraction of sp³-hybridized carbons (Fsp3) is 0.500. The topological polar surface area (TPSA) is 89.6 Å². The minimum atomic E-state index is -2.68. The van der Waals surface area contributed by atoms with E-state index in [1.54, 1.807) is 0 Å². The number of amides is 1. The summed E-state index contributed by atoms with van der Waals surface area (Å²) in [6, 6.07) is 0. The SMILES string of the molecule is NC(=O)CO[P+](=O)O. The van der Waals surface area contributed by atoms with Gasteiger partial charge in [0.15, 0.2) is 6.61 Å². The van der Waals surface area contributed by atoms with Gasteiger partial charge in [-0.3, -0.25) is 4.79 Å². The monoisotopic (exact) mass is 138 g/mol. The first-order chi connectivity index (χ1) is 3.63. The second kappa shape index (κ2) is 3.49. The third-order valence-electron chi connectivity index (χ3n) is 0.317. The molecule has 0 aliphatic rings. The van der Waals surface area contributed by atoms with Gasteiger partial charge in [0.2, 0.25) is 5.91 Å². The fourth-order valence-corrected chi connectivity index (χ4v) is 0.357. The van der Waals surface area contributed by atoms with Crippen LogP contribution < -0.4 is 5.73 Å². The van der Waals surface area contributed by atoms with Crippen LogP contribution in [0.4, 0.5) is 0 Å². The molecule has 0 radical (unpaired) electrons. The minimum Gasteiger partial charge on any atom is -0.368 e. The van der Waals surface area contributed by atoms with E-state index in [2.05, 4.69) is 10.3 Å². The second-order valence-electron chi connectivity index (χ2n) is 0.978. The number of primary amides is 1. The van der Waals surface area contributed by atoms with Crippen molar-refractivity contribution in [2.24, 2.45) is 5.73 Å². The summed E-state index contributed by atoms with van der Waals surface area (Å²) in [6.45, 7) is -0.508. The molecule has 1 unspecified atom stereocenters. The average Bonchev–Trinajstić information content (AvgIpc) is 1.61. The van der Waals surface area contributed by atoms with E-state index in [0.717, 1.165) is 0 Å². The molecule has 0 aliphatic heterocycles. The molecule has 0 fully saturated rings. The third kappa shape index (κ3) is 5.49. The molecule has 46 valence electrons. The smallest absolute Gasteiger partial charge is 0.368 e. The first-order valence-electron chi connectivity index (χ1n) is 1.70. The first-order valence-corrected chi connectivity index (χ1v) is 2.83. The van der Waals surface area contributed by atoms with E-state index in [1.165, 1.54) is 0 Å². The van der Waals surface area contributed by atoms with E-state index in [4.69, 9.17) is 4.89 Å². The number of nitrogens with two attached hydrogens (primary N) is 1. The molecule has 0 spiro atoms. The summed E-state index contributed by atoms with van der Waals surface area (Å²) in [4.78, 5) is 17.6. The van der Waals surface area contributed by atoms with Crippen molar-refractivity contribution >= 4 is 14.2 Å². The van der Waals surface area contributed by atoms with Gasteiger partial charge < -0.3 is 5.73 Å². The normalized spacial score (nSPS) is 10.9. The highest BCUT2D eigenvalue weighted by molar-refractivity contribution is 7.32. The Morgan fingerprint density at radius 2 is 2.38 bits per heavy atom. The Morgan fingerprint density at radius 3 is 2.50 bits per heavy atom. The quantitative estimate of drug-likeness (QED) is 0.496. The van der Waals surface area contributed by atoms with Gasteiger partial charge in [0.05, 0.1) is 0 Å². The molecule has 0 bridgehead atoms. The zero-order valence-corrected chi connectivity index (χ0v) is 4.80. The summed E-state index contributed by atoms with van der Waals surface area (Å²) in [5.74, 6) is -0.762. The lowest BCUT2D eigenvalue weighted by Gasteiger charge is -1.78. The van der Waals surface area contributed by atoms with E-state index in [0.29, 0.717) is 0 Å². The maximum absolute atomic E-state index is 9.76. The lowest BCUT2D eigenvalue weighted by atomic mass is 10.7. The molecule has 0 rings (SSSR count). The van der Waals surface area contributed by atoms with Crippen LogP contribution in [-0.2, 0) is 13.9 Å². The Morgan fingerprint density at radius 1 is 1.88 bits per heavy atom. The molecule has 0 aromatic rings. The van der Waals surface area contributed by atoms with Crippen molar-refractivity contribution in [3.63, 3.8) is 0 Å². The molecule has 8 heavy (non-hydrogen) atoms. The highest BCUT2D eigenvalue weighted by atomic mass is 31.1. The second-order valence-corrected chi connectivity index (χ2v) is 1.71. The molecule has 5 nitrogen and oxygen atoms in total. The maximum Gasteiger partial charge on any atom is 0.695 e. The van der Waals surface area contributed by atoms with Gasteiger partial charge >= 0.3 is 8.25 Å². The molecule has 1 amide bonds. The lowest BCUT2D eigenvalue weighted by Crippen LogP contribution is -2.15. The van der Waals surface area contributed by atoms with Gasteiger partial charge in [0.1, 0.15) is 0 Å². The van der Waals surface area contributed by atoms with Crippen molar-refractivity contribution in [2.45, 2.75) is 0 Å². The Bertz CT molecular complexity index is 98.6. The van der Waals surface area contributed by atoms with Gasteiger partial charge in [-0.15, -0.1) is 9.42 Å². The van der Waals surface area contributed by atoms with Crippen molar-refractivity contribution in [3.8, 4) is 0 Å². The Hall–Kier alpha value is -0.510. The third-order valence-corrected chi connectivity index (χ3v) is 0.667. The van der Waals surface area contributed by atoms with Crippen LogP contribution >= 0.6 is 8.25 Å². The van der Waals surface area contributed by atoms with E-state index >= 15 is 0 Å². The Balaban J connectivity index is 3.18. The minimum absolute atomic E-state index is 0.508. The van der Waals surface area contributed by atoms with Crippen LogP contribution in [-0.4, -0.2) is 17.4 Å². The lowest BCUT2D eigenvalue weighted by molar-refractivity contribution is -0.120. The number of carbonyl (C=O) groups excluding carboxylic acids is 1. The number of hydrogen-bond donors (Lipinski definition) is 2. The molecular formula is C2H5NO4P+. The summed E-state index contributed by atoms with van der Waals surface area (Å²) in [5, 5.41) is 0. The first kappa shape index (κ1) is 7.49. The molecule has 0 saturated heterocycles. The van der Waals surface area contributed by atoms with Crippen LogP contribution in [0.5, 0.6) is 0 Å². The standard InChI is InChI=1S/C2H4NO4P/c3-2(4)1-7-8(5)6/h1H2,(H2-,3,4,5,6)/p+1. The van der Waals surface area contributed by atoms with Crippen LogP contribution in [0.2, 0.25) is 0 Å². The van der Waals surface area contributed by atoms with Gasteiger partial charge in [-0.1, -0.05) is 0 Å². The molecule has 0 aromatic heterocycles. The molecule has 3 N–H and O–H groups in total. The van der Waals surface area contributed by atoms with Gasteiger partial charge in [-0.25, -0.2) is 0 Å². The summed E-state index contributed by atoms with van der Waals surface area (Å²) < 4.78 is 13.5. The summed E-state index contributed by atoms with van der Waals surface area (Å²) >= 11 is 0. The average molecular weight is 138 g/mol. The maximum atomic E-state index is 9.76. The number of carbonyl (C=O) groups is 1. The zero-order chi connectivity index (χ0) is 6.57. The fourth-order valence-electron chi connectivity index (χ4n) is 0.119. The Labute approximate surface area is 46.4 Å². The predicted octanol–water partition coefficient (Wildman–Crippen LogP) is -0.862. The van der Waals surface area contributed by atoms with Gasteiger partial charge in [0, 0.05) is 4.57 Å². The van der Waals surface area contributed by atoms with Gasteiger partial charge in [-0.2, -0.15) is 0 Å². The molecular weight excluding hydrogens is 133 g/mol. The van der Waals surface area contributed by atoms with Crippen molar-refractivity contribution < 1.29 is 18.8 Å². The number of hydrogen-bond acceptors (Lipinski definition) is 3. The summed E-state index contributed by atoms with van der Waals surface area (Å²) in [7, 11) is -2.68. The van der Waals surface area contributed by atoms with Crippen molar-refractivity contribution in [1.29, 1.82) is 0 Å². The van der Waals surface area contributed by atoms with Crippen molar-refractivity contribution in [2.75, 3.05) is 6.61 Å². The molecule has 0 aromatic carbocycles. The van der Waals surface area contributed by atoms with Crippen LogP contribution in [0.1, 0.15) is 0 Å². The van der Waals surface area contributed by atoms with Crippen molar-refractivity contribution in [3.05, 3.63) is 0 Å². The molecule has 6 heteroatoms. The number of rotatable bonds is 3. The molecule has 0 aliphatic carbocycles. The van der Waals surface area contributed by atoms with E-state index < -0.39 is 20.8 Å². The van der Waals surface area contributed by atoms with Crippen molar-refractivity contribution in [1.82, 2.24) is 0 Å². The van der Waals surface area contributed by atoms with Gasteiger partial charge in [0.25, 0.3) is 0 Å². The largest absolute Gasteiger partial charge is 0.695 e. The van der Waals surface area contributed by atoms with Crippen LogP contribution in [0.15, 0.2) is 0 Å². The van der Waals surface area contributed by atoms with Crippen LogP contribution in [0, 0.1) is 0 Å². The van der Waals surface area contributed by atoms with E-state index in [1.807, 2.05) is 0 Å². The highest BCUT2D eigenvalue weighted by Gasteiger charge is 2.12. The van der Waals surface area contributed by atoms with Gasteiger partial charge in [-0.05, 0) is 0 Å². The highest BCUT2D eigenvalue weighted by Crippen LogP contribution is 2.12. The molecule has 0 saturated carbocycles. The Kier molecular flexibility index (Phi) is 3.26. The summed E-state index contributed by atoms with van der Waals surface area (Å²) in [5.41, 5.74) is 4.54.